The molecule has 2 nitrogen and oxygen atoms in total. The number of halogens is 1. The molecule has 0 aliphatic heterocycles. The molecule has 0 N–H and O–H groups in total. The minimum atomic E-state index is -0.542. The summed E-state index contributed by atoms with van der Waals surface area (Å²) >= 11 is 7.54. The van der Waals surface area contributed by atoms with Crippen LogP contribution in [0.5, 0.6) is 0 Å². The monoisotopic (exact) mass is 1230 g/mol. The lowest BCUT2D eigenvalue weighted by atomic mass is 9.61. The van der Waals surface area contributed by atoms with Gasteiger partial charge in [0.25, 0.3) is 0 Å². The average Bonchev–Trinajstić information content (AvgIpc) is 0.754. The number of rotatable bonds is 21. The van der Waals surface area contributed by atoms with Gasteiger partial charge in [0.1, 0.15) is 0 Å². The third-order valence-electron chi connectivity index (χ3n) is 19.2. The second-order valence-corrected chi connectivity index (χ2v) is 25.2. The van der Waals surface area contributed by atoms with E-state index in [9.17, 15) is 0 Å². The van der Waals surface area contributed by atoms with Gasteiger partial charge >= 0.3 is 0 Å². The molecule has 458 valence electrons. The van der Waals surface area contributed by atoms with E-state index < -0.39 is 5.41 Å². The van der Waals surface area contributed by atoms with Crippen molar-refractivity contribution in [3.8, 4) is 112 Å². The molecule has 13 rings (SSSR count). The molecule has 12 aromatic rings. The normalized spacial score (nSPS) is 14.3. The molecule has 2 heterocycles. The molecule has 0 amide bonds. The summed E-state index contributed by atoms with van der Waals surface area (Å²) in [6.07, 6.45) is 21.4. The van der Waals surface area contributed by atoms with Crippen molar-refractivity contribution < 1.29 is 0 Å². The first-order valence-electron chi connectivity index (χ1n) is 33.1. The zero-order chi connectivity index (χ0) is 64.4. The largest absolute Gasteiger partial charge is 0.256 e. The molecule has 0 fully saturated rings. The van der Waals surface area contributed by atoms with Crippen LogP contribution in [0.15, 0.2) is 334 Å². The van der Waals surface area contributed by atoms with E-state index in [-0.39, 0.29) is 11.8 Å². The Hall–Kier alpha value is -10.5. The summed E-state index contributed by atoms with van der Waals surface area (Å²) in [6, 6.07) is 97.9. The van der Waals surface area contributed by atoms with E-state index in [1.54, 1.807) is 0 Å². The van der Waals surface area contributed by atoms with Gasteiger partial charge in [0, 0.05) is 34.0 Å². The first-order chi connectivity index (χ1) is 46.2. The van der Waals surface area contributed by atoms with E-state index in [0.717, 1.165) is 126 Å². The van der Waals surface area contributed by atoms with Crippen LogP contribution in [0.2, 0.25) is 0 Å². The quantitative estimate of drug-likeness (QED) is 0.0529. The summed E-state index contributed by atoms with van der Waals surface area (Å²) in [5.41, 5.74) is 27.9. The SMILES string of the molecule is C=CC(=C)c1ccccc1-c1cc(-c2ccccc2-c2ccc(-c3ccccn3)cc2-c2ccccc2)cc(C2(C(C/C=C\C)CC(CC)c3cc(-c4ccccc4CC)cc(-c4ccccc4-c4ccc(-c5ccccn5)cc4-c4ccccc4)c3)C=C(Cl)C=CC2)c1. The number of nitrogens with zero attached hydrogens (tertiary/aromatic N) is 2. The van der Waals surface area contributed by atoms with E-state index >= 15 is 0 Å². The second kappa shape index (κ2) is 28.6. The third kappa shape index (κ3) is 13.0. The van der Waals surface area contributed by atoms with Gasteiger partial charge < -0.3 is 0 Å². The lowest BCUT2D eigenvalue weighted by Gasteiger charge is -2.42. The van der Waals surface area contributed by atoms with Crippen molar-refractivity contribution in [2.45, 2.75) is 64.2 Å². The molecule has 10 aromatic carbocycles. The van der Waals surface area contributed by atoms with Crippen molar-refractivity contribution in [3.63, 3.8) is 0 Å². The van der Waals surface area contributed by atoms with Gasteiger partial charge in [-0.25, -0.2) is 0 Å². The van der Waals surface area contributed by atoms with E-state index in [2.05, 4.69) is 319 Å². The zero-order valence-corrected chi connectivity index (χ0v) is 54.7. The smallest absolute Gasteiger partial charge is 0.0702 e. The van der Waals surface area contributed by atoms with Crippen molar-refractivity contribution in [1.29, 1.82) is 0 Å². The maximum Gasteiger partial charge on any atom is 0.0702 e. The fourth-order valence-electron chi connectivity index (χ4n) is 14.4. The average molecular weight is 1230 g/mol. The van der Waals surface area contributed by atoms with Crippen molar-refractivity contribution in [1.82, 2.24) is 9.97 Å². The Morgan fingerprint density at radius 3 is 1.48 bits per heavy atom. The molecule has 3 atom stereocenters. The number of pyridine rings is 2. The highest BCUT2D eigenvalue weighted by atomic mass is 35.5. The minimum Gasteiger partial charge on any atom is -0.256 e. The van der Waals surface area contributed by atoms with Crippen molar-refractivity contribution in [3.05, 3.63) is 356 Å². The number of hydrogen-bond donors (Lipinski definition) is 0. The van der Waals surface area contributed by atoms with Gasteiger partial charge in [-0.15, -0.1) is 0 Å². The highest BCUT2D eigenvalue weighted by Gasteiger charge is 2.41. The van der Waals surface area contributed by atoms with Crippen LogP contribution in [-0.4, -0.2) is 9.97 Å². The van der Waals surface area contributed by atoms with Crippen molar-refractivity contribution in [2.24, 2.45) is 5.92 Å². The molecule has 1 aliphatic carbocycles. The highest BCUT2D eigenvalue weighted by molar-refractivity contribution is 6.31. The summed E-state index contributed by atoms with van der Waals surface area (Å²) in [5.74, 6) is 0.258. The first kappa shape index (κ1) is 62.3. The Labute approximate surface area is 561 Å². The molecular weight excluding hydrogens is 1160 g/mol. The summed E-state index contributed by atoms with van der Waals surface area (Å²) in [6.45, 7) is 15.6. The van der Waals surface area contributed by atoms with Crippen LogP contribution in [0.3, 0.4) is 0 Å². The van der Waals surface area contributed by atoms with E-state index in [0.29, 0.717) is 0 Å². The Morgan fingerprint density at radius 1 is 0.479 bits per heavy atom. The maximum absolute atomic E-state index is 7.54. The predicted octanol–water partition coefficient (Wildman–Crippen LogP) is 25.4. The van der Waals surface area contributed by atoms with Crippen LogP contribution < -0.4 is 0 Å². The number of aryl methyl sites for hydroxylation is 1. The van der Waals surface area contributed by atoms with Crippen LogP contribution in [0.1, 0.15) is 74.6 Å². The summed E-state index contributed by atoms with van der Waals surface area (Å²) < 4.78 is 0. The molecule has 0 saturated heterocycles. The Kier molecular flexibility index (Phi) is 18.9. The lowest BCUT2D eigenvalue weighted by Crippen LogP contribution is -2.35. The van der Waals surface area contributed by atoms with E-state index in [4.69, 9.17) is 21.6 Å². The second-order valence-electron chi connectivity index (χ2n) is 24.7. The van der Waals surface area contributed by atoms with Crippen LogP contribution in [0, 0.1) is 5.92 Å². The third-order valence-corrected chi connectivity index (χ3v) is 19.4. The van der Waals surface area contributed by atoms with Crippen LogP contribution in [0.4, 0.5) is 0 Å². The Morgan fingerprint density at radius 2 is 0.957 bits per heavy atom. The molecule has 0 bridgehead atoms. The summed E-state index contributed by atoms with van der Waals surface area (Å²) in [4.78, 5) is 9.58. The topological polar surface area (TPSA) is 25.8 Å². The van der Waals surface area contributed by atoms with Gasteiger partial charge in [0.05, 0.1) is 11.4 Å². The van der Waals surface area contributed by atoms with Crippen LogP contribution >= 0.6 is 11.6 Å². The standard InChI is InChI=1S/C91H77ClN2/c1-6-10-35-75(57-65(9-4)70-53-71(79-38-18-17-30-64(79)8-3)55-72(54-70)81-40-21-23-42-83(81)85-48-46-68(89-44-25-27-51-93-89)60-87(85)66-31-13-11-14-32-66)91(50-29-36-77(92)62-91)76-58-73(80-39-20-19-37-78(80)63(5)7-2)56-74(59-76)82-41-22-24-43-84(82)86-49-47-69(90-45-26-28-52-94-90)61-88(86)67-33-15-12-16-34-67/h6-7,10-34,36-49,51-56,58-62,65,75H,2,5,8-9,35,50,57H2,1,3-4H3/b10-6-. The van der Waals surface area contributed by atoms with Crippen LogP contribution in [0.25, 0.3) is 117 Å². The Balaban J connectivity index is 0.991. The number of aromatic nitrogens is 2. The molecule has 0 saturated carbocycles. The van der Waals surface area contributed by atoms with Gasteiger partial charge in [-0.1, -0.05) is 287 Å². The van der Waals surface area contributed by atoms with Crippen LogP contribution in [-0.2, 0) is 11.8 Å². The summed E-state index contributed by atoms with van der Waals surface area (Å²) in [5, 5.41) is 0.748. The zero-order valence-electron chi connectivity index (χ0n) is 53.9. The molecule has 0 radical (unpaired) electrons. The van der Waals surface area contributed by atoms with Crippen molar-refractivity contribution in [2.75, 3.05) is 0 Å². The van der Waals surface area contributed by atoms with Crippen molar-refractivity contribution >= 4 is 17.2 Å². The highest BCUT2D eigenvalue weighted by Crippen LogP contribution is 2.52. The minimum absolute atomic E-state index is 0.0984. The van der Waals surface area contributed by atoms with Gasteiger partial charge in [-0.05, 0) is 222 Å². The summed E-state index contributed by atoms with van der Waals surface area (Å²) in [7, 11) is 0. The molecule has 2 aromatic heterocycles. The molecule has 1 aliphatic rings. The first-order valence-corrected chi connectivity index (χ1v) is 33.5. The molecular formula is C91H77ClN2. The fourth-order valence-corrected chi connectivity index (χ4v) is 14.7. The van der Waals surface area contributed by atoms with E-state index in [1.165, 1.54) is 50.1 Å². The lowest BCUT2D eigenvalue weighted by molar-refractivity contribution is 0.288. The molecule has 3 unspecified atom stereocenters. The molecule has 94 heavy (non-hydrogen) atoms. The van der Waals surface area contributed by atoms with Gasteiger partial charge in [0.15, 0.2) is 0 Å². The van der Waals surface area contributed by atoms with Gasteiger partial charge in [0.2, 0.25) is 0 Å². The number of hydrogen-bond acceptors (Lipinski definition) is 2. The van der Waals surface area contributed by atoms with Gasteiger partial charge in [-0.2, -0.15) is 0 Å². The number of benzene rings is 10. The number of allylic oxidation sites excluding steroid dienone is 8. The Bertz CT molecular complexity index is 4790. The van der Waals surface area contributed by atoms with E-state index in [1.807, 2.05) is 30.6 Å². The molecule has 3 heteroatoms. The van der Waals surface area contributed by atoms with Gasteiger partial charge in [-0.3, -0.25) is 9.97 Å². The molecule has 0 spiro atoms. The fraction of sp³-hybridized carbons (Fsp3) is 0.121. The maximum atomic E-state index is 7.54. The predicted molar refractivity (Wildman–Crippen MR) is 401 cm³/mol.